The van der Waals surface area contributed by atoms with Crippen LogP contribution in [-0.4, -0.2) is 17.5 Å². The van der Waals surface area contributed by atoms with Gasteiger partial charge in [0.25, 0.3) is 0 Å². The van der Waals surface area contributed by atoms with Crippen molar-refractivity contribution in [1.82, 2.24) is 10.9 Å². The van der Waals surface area contributed by atoms with Crippen molar-refractivity contribution in [2.45, 2.75) is 0 Å². The molecule has 0 radical (unpaired) electrons. The van der Waals surface area contributed by atoms with E-state index in [0.29, 0.717) is 10.0 Å². The van der Waals surface area contributed by atoms with Gasteiger partial charge in [-0.15, -0.1) is 0 Å². The normalized spacial score (nSPS) is 11.0. The second-order valence-corrected chi connectivity index (χ2v) is 5.33. The maximum absolute atomic E-state index is 6.00. The van der Waals surface area contributed by atoms with Gasteiger partial charge in [-0.25, -0.2) is 0 Å². The smallest absolute Gasteiger partial charge is 0.207 e. The second kappa shape index (κ2) is 8.48. The Bertz CT molecular complexity index is 657. The Kier molecular flexibility index (Phi) is 6.33. The summed E-state index contributed by atoms with van der Waals surface area (Å²) in [6, 6.07) is 14.7. The minimum absolute atomic E-state index is 0.256. The molecule has 0 atom stereocenters. The van der Waals surface area contributed by atoms with E-state index in [0.717, 1.165) is 11.1 Å². The zero-order chi connectivity index (χ0) is 15.8. The number of halogens is 2. The van der Waals surface area contributed by atoms with Gasteiger partial charge in [-0.2, -0.15) is 10.2 Å². The van der Waals surface area contributed by atoms with Crippen molar-refractivity contribution in [3.63, 3.8) is 0 Å². The minimum atomic E-state index is 0.256. The van der Waals surface area contributed by atoms with Gasteiger partial charge in [0.05, 0.1) is 12.4 Å². The number of hydrazone groups is 2. The lowest BCUT2D eigenvalue weighted by molar-refractivity contribution is 0.935. The molecule has 2 rings (SSSR count). The third-order valence-electron chi connectivity index (χ3n) is 2.55. The molecule has 0 aliphatic carbocycles. The van der Waals surface area contributed by atoms with Crippen molar-refractivity contribution < 1.29 is 0 Å². The van der Waals surface area contributed by atoms with Gasteiger partial charge in [0, 0.05) is 21.2 Å². The maximum atomic E-state index is 6.00. The average molecular weight is 351 g/mol. The summed E-state index contributed by atoms with van der Waals surface area (Å²) in [5.41, 5.74) is 6.87. The molecule has 7 heteroatoms. The third-order valence-corrected chi connectivity index (χ3v) is 3.42. The Morgan fingerprint density at radius 3 is 1.64 bits per heavy atom. The van der Waals surface area contributed by atoms with E-state index in [1.54, 1.807) is 24.6 Å². The van der Waals surface area contributed by atoms with Crippen LogP contribution in [0.5, 0.6) is 0 Å². The summed E-state index contributed by atoms with van der Waals surface area (Å²) < 4.78 is 0. The molecule has 0 spiro atoms. The lowest BCUT2D eigenvalue weighted by Crippen LogP contribution is -2.28. The minimum Gasteiger partial charge on any atom is -0.252 e. The topological polar surface area (TPSA) is 48.8 Å². The molecule has 2 aromatic carbocycles. The van der Waals surface area contributed by atoms with E-state index < -0.39 is 0 Å². The molecule has 0 heterocycles. The first-order valence-electron chi connectivity index (χ1n) is 6.28. The molecule has 0 aromatic heterocycles. The molecule has 0 amide bonds. The SMILES string of the molecule is S=C(N/N=C\c1ccccc1Cl)N/N=C\c1ccccc1Cl. The monoisotopic (exact) mass is 350 g/mol. The van der Waals surface area contributed by atoms with E-state index in [1.165, 1.54) is 0 Å². The highest BCUT2D eigenvalue weighted by molar-refractivity contribution is 7.80. The van der Waals surface area contributed by atoms with E-state index in [4.69, 9.17) is 35.4 Å². The maximum Gasteiger partial charge on any atom is 0.207 e. The van der Waals surface area contributed by atoms with E-state index >= 15 is 0 Å². The van der Waals surface area contributed by atoms with Crippen LogP contribution in [0.4, 0.5) is 0 Å². The summed E-state index contributed by atoms with van der Waals surface area (Å²) in [6.45, 7) is 0. The van der Waals surface area contributed by atoms with Gasteiger partial charge in [0.2, 0.25) is 5.11 Å². The van der Waals surface area contributed by atoms with Gasteiger partial charge in [0.1, 0.15) is 0 Å². The molecular weight excluding hydrogens is 339 g/mol. The van der Waals surface area contributed by atoms with Gasteiger partial charge < -0.3 is 0 Å². The van der Waals surface area contributed by atoms with Crippen LogP contribution in [0.3, 0.4) is 0 Å². The summed E-state index contributed by atoms with van der Waals surface area (Å²) in [6.07, 6.45) is 3.15. The van der Waals surface area contributed by atoms with Gasteiger partial charge in [-0.1, -0.05) is 59.6 Å². The number of thiocarbonyl (C=S) groups is 1. The molecule has 0 saturated carbocycles. The largest absolute Gasteiger partial charge is 0.252 e. The first kappa shape index (κ1) is 16.4. The van der Waals surface area contributed by atoms with Crippen LogP contribution < -0.4 is 10.9 Å². The van der Waals surface area contributed by atoms with Crippen molar-refractivity contribution >= 4 is 53.0 Å². The molecule has 0 unspecified atom stereocenters. The van der Waals surface area contributed by atoms with E-state index in [1.807, 2.05) is 36.4 Å². The highest BCUT2D eigenvalue weighted by Gasteiger charge is 1.96. The van der Waals surface area contributed by atoms with Crippen LogP contribution in [0, 0.1) is 0 Å². The Morgan fingerprint density at radius 2 is 1.23 bits per heavy atom. The molecule has 112 valence electrons. The summed E-state index contributed by atoms with van der Waals surface area (Å²) in [5, 5.41) is 9.45. The predicted octanol–water partition coefficient (Wildman–Crippen LogP) is 3.83. The highest BCUT2D eigenvalue weighted by Crippen LogP contribution is 2.12. The van der Waals surface area contributed by atoms with Crippen LogP contribution in [0.25, 0.3) is 0 Å². The van der Waals surface area contributed by atoms with E-state index in [-0.39, 0.29) is 5.11 Å². The quantitative estimate of drug-likeness (QED) is 0.500. The average Bonchev–Trinajstić information content (AvgIpc) is 2.51. The van der Waals surface area contributed by atoms with Crippen LogP contribution in [-0.2, 0) is 0 Å². The molecule has 0 bridgehead atoms. The molecule has 0 fully saturated rings. The number of benzene rings is 2. The Labute approximate surface area is 143 Å². The highest BCUT2D eigenvalue weighted by atomic mass is 35.5. The van der Waals surface area contributed by atoms with Gasteiger partial charge in [-0.05, 0) is 24.4 Å². The first-order chi connectivity index (χ1) is 10.7. The molecule has 0 saturated heterocycles. The fourth-order valence-electron chi connectivity index (χ4n) is 1.51. The number of nitrogens with one attached hydrogen (secondary N) is 2. The van der Waals surface area contributed by atoms with Crippen LogP contribution >= 0.6 is 35.4 Å². The Balaban J connectivity index is 1.84. The summed E-state index contributed by atoms with van der Waals surface area (Å²) in [4.78, 5) is 0. The first-order valence-corrected chi connectivity index (χ1v) is 7.44. The van der Waals surface area contributed by atoms with Crippen molar-refractivity contribution in [2.75, 3.05) is 0 Å². The second-order valence-electron chi connectivity index (χ2n) is 4.11. The fraction of sp³-hybridized carbons (Fsp3) is 0. The van der Waals surface area contributed by atoms with Crippen molar-refractivity contribution in [2.24, 2.45) is 10.2 Å². The summed E-state index contributed by atoms with van der Waals surface area (Å²) in [7, 11) is 0. The van der Waals surface area contributed by atoms with Crippen molar-refractivity contribution in [3.05, 3.63) is 69.7 Å². The van der Waals surface area contributed by atoms with Crippen molar-refractivity contribution in [1.29, 1.82) is 0 Å². The standard InChI is InChI=1S/C15H12Cl2N4S/c16-13-7-3-1-5-11(13)9-18-20-15(22)21-19-10-12-6-2-4-8-14(12)17/h1-10H,(H2,20,21,22)/b18-9-,19-10-. The number of hydrogen-bond donors (Lipinski definition) is 2. The summed E-state index contributed by atoms with van der Waals surface area (Å²) >= 11 is 17.0. The molecule has 22 heavy (non-hydrogen) atoms. The molecular formula is C15H12Cl2N4S. The van der Waals surface area contributed by atoms with Gasteiger partial charge >= 0.3 is 0 Å². The van der Waals surface area contributed by atoms with Gasteiger partial charge in [0.15, 0.2) is 0 Å². The van der Waals surface area contributed by atoms with E-state index in [2.05, 4.69) is 21.1 Å². The number of hydrogen-bond acceptors (Lipinski definition) is 3. The Hall–Kier alpha value is -1.95. The Morgan fingerprint density at radius 1 is 0.818 bits per heavy atom. The fourth-order valence-corrected chi connectivity index (χ4v) is 1.98. The molecule has 2 aromatic rings. The van der Waals surface area contributed by atoms with E-state index in [9.17, 15) is 0 Å². The number of rotatable bonds is 4. The van der Waals surface area contributed by atoms with Gasteiger partial charge in [-0.3, -0.25) is 10.9 Å². The number of nitrogens with zero attached hydrogens (tertiary/aromatic N) is 2. The predicted molar refractivity (Wildman–Crippen MR) is 97.0 cm³/mol. The van der Waals surface area contributed by atoms with Crippen LogP contribution in [0.15, 0.2) is 58.7 Å². The molecule has 0 aliphatic heterocycles. The molecule has 2 N–H and O–H groups in total. The lowest BCUT2D eigenvalue weighted by atomic mass is 10.2. The molecule has 4 nitrogen and oxygen atoms in total. The van der Waals surface area contributed by atoms with Crippen molar-refractivity contribution in [3.8, 4) is 0 Å². The van der Waals surface area contributed by atoms with Crippen LogP contribution in [0.1, 0.15) is 11.1 Å². The lowest BCUT2D eigenvalue weighted by Gasteiger charge is -2.02. The zero-order valence-electron chi connectivity index (χ0n) is 11.3. The van der Waals surface area contributed by atoms with Crippen LogP contribution in [0.2, 0.25) is 10.0 Å². The zero-order valence-corrected chi connectivity index (χ0v) is 13.7. The summed E-state index contributed by atoms with van der Waals surface area (Å²) in [5.74, 6) is 0. The molecule has 0 aliphatic rings. The third kappa shape index (κ3) is 5.11.